The molecule has 3 aromatic heterocycles. The molecule has 0 saturated carbocycles. The number of nitrogens with zero attached hydrogens (tertiary/aromatic N) is 6. The number of rotatable bonds is 7. The topological polar surface area (TPSA) is 163 Å². The van der Waals surface area contributed by atoms with Gasteiger partial charge in [0.05, 0.1) is 29.8 Å². The van der Waals surface area contributed by atoms with Gasteiger partial charge in [-0.1, -0.05) is 0 Å². The number of hydrogen-bond acceptors (Lipinski definition) is 9. The first-order chi connectivity index (χ1) is 17.4. The lowest BCUT2D eigenvalue weighted by atomic mass is 9.99. The predicted octanol–water partition coefficient (Wildman–Crippen LogP) is 1.70. The number of nitriles is 1. The van der Waals surface area contributed by atoms with Crippen LogP contribution in [0.5, 0.6) is 0 Å². The number of hydrogen-bond donors (Lipinski definition) is 4. The second kappa shape index (κ2) is 8.97. The zero-order valence-corrected chi connectivity index (χ0v) is 20.3. The Bertz CT molecular complexity index is 1420. The zero-order valence-electron chi connectivity index (χ0n) is 19.5. The Hall–Kier alpha value is -3.31. The van der Waals surface area contributed by atoms with Gasteiger partial charge in [-0.3, -0.25) is 10.1 Å². The van der Waals surface area contributed by atoms with Crippen molar-refractivity contribution in [1.29, 1.82) is 5.26 Å². The van der Waals surface area contributed by atoms with Crippen molar-refractivity contribution < 1.29 is 13.5 Å². The van der Waals surface area contributed by atoms with Crippen molar-refractivity contribution in [3.05, 3.63) is 36.2 Å². The number of H-pyrrole nitrogens is 1. The van der Waals surface area contributed by atoms with Gasteiger partial charge in [0.15, 0.2) is 5.82 Å². The largest absolute Gasteiger partial charge is 0.390 e. The molecule has 4 N–H and O–H groups in total. The minimum absolute atomic E-state index is 0.0646. The van der Waals surface area contributed by atoms with Gasteiger partial charge in [0, 0.05) is 54.9 Å². The number of fused-ring (bicyclic) bond motifs is 3. The van der Waals surface area contributed by atoms with Gasteiger partial charge in [-0.2, -0.15) is 27.4 Å². The van der Waals surface area contributed by atoms with Crippen LogP contribution in [-0.4, -0.2) is 73.5 Å². The predicted molar refractivity (Wildman–Crippen MR) is 132 cm³/mol. The molecule has 6 heterocycles. The van der Waals surface area contributed by atoms with E-state index in [1.165, 1.54) is 4.31 Å². The van der Waals surface area contributed by atoms with Crippen LogP contribution in [0.25, 0.3) is 10.9 Å². The second-order valence-corrected chi connectivity index (χ2v) is 11.5. The van der Waals surface area contributed by atoms with Gasteiger partial charge in [-0.25, -0.2) is 4.98 Å². The third-order valence-electron chi connectivity index (χ3n) is 7.29. The molecule has 3 atom stereocenters. The van der Waals surface area contributed by atoms with Crippen molar-refractivity contribution in [3.8, 4) is 6.07 Å². The average Bonchev–Trinajstić information content (AvgIpc) is 3.40. The average molecular weight is 510 g/mol. The summed E-state index contributed by atoms with van der Waals surface area (Å²) in [6.07, 6.45) is 4.77. The fourth-order valence-electron chi connectivity index (χ4n) is 5.55. The molecule has 0 amide bonds. The minimum Gasteiger partial charge on any atom is -0.390 e. The Labute approximate surface area is 208 Å². The summed E-state index contributed by atoms with van der Waals surface area (Å²) in [6, 6.07) is 9.45. The third kappa shape index (κ3) is 4.05. The van der Waals surface area contributed by atoms with E-state index in [1.54, 1.807) is 16.6 Å². The summed E-state index contributed by atoms with van der Waals surface area (Å²) in [7, 11) is -3.55. The van der Waals surface area contributed by atoms with Gasteiger partial charge in [-0.05, 0) is 37.8 Å². The first kappa shape index (κ1) is 23.1. The summed E-state index contributed by atoms with van der Waals surface area (Å²) in [5, 5.41) is 32.8. The van der Waals surface area contributed by atoms with Gasteiger partial charge >= 0.3 is 0 Å². The first-order valence-corrected chi connectivity index (χ1v) is 13.5. The zero-order chi connectivity index (χ0) is 24.9. The summed E-state index contributed by atoms with van der Waals surface area (Å²) < 4.78 is 29.6. The third-order valence-corrected chi connectivity index (χ3v) is 9.37. The first-order valence-electron chi connectivity index (χ1n) is 12.1. The molecule has 3 aromatic rings. The standard InChI is InChI=1S/C23H27N9O3S/c24-10-14-11-31(12-14)36(34,35)32-17-3-4-18(32)7-15(6-17)26-23-19-2-1-5-25-20(19)9-21(28-23)27-22-8-16(13-33)29-30-22/h1-2,5,8-9,14-15,17-18,33H,3-4,6-7,11-13H2,(H3,26,27,28,29,30)/t15-,17-,18+. The highest BCUT2D eigenvalue weighted by Gasteiger charge is 2.51. The smallest absolute Gasteiger partial charge is 0.282 e. The molecule has 3 saturated heterocycles. The van der Waals surface area contributed by atoms with Crippen LogP contribution in [0.1, 0.15) is 31.4 Å². The molecule has 0 aliphatic carbocycles. The Kier molecular flexibility index (Phi) is 5.76. The van der Waals surface area contributed by atoms with Crippen molar-refractivity contribution in [1.82, 2.24) is 28.8 Å². The van der Waals surface area contributed by atoms with E-state index >= 15 is 0 Å². The molecule has 188 valence electrons. The highest BCUT2D eigenvalue weighted by atomic mass is 32.2. The van der Waals surface area contributed by atoms with Gasteiger partial charge in [-0.15, -0.1) is 0 Å². The van der Waals surface area contributed by atoms with Gasteiger partial charge < -0.3 is 15.7 Å². The van der Waals surface area contributed by atoms with E-state index in [9.17, 15) is 13.5 Å². The van der Waals surface area contributed by atoms with E-state index < -0.39 is 10.2 Å². The number of piperidine rings is 1. The molecule has 3 aliphatic heterocycles. The fourth-order valence-corrected chi connectivity index (χ4v) is 7.69. The number of anilines is 3. The molecule has 12 nitrogen and oxygen atoms in total. The summed E-state index contributed by atoms with van der Waals surface area (Å²) >= 11 is 0. The van der Waals surface area contributed by atoms with Crippen LogP contribution in [0.3, 0.4) is 0 Å². The van der Waals surface area contributed by atoms with E-state index in [1.807, 2.05) is 18.2 Å². The molecular formula is C23H27N9O3S. The minimum atomic E-state index is -3.55. The van der Waals surface area contributed by atoms with Gasteiger partial charge in [0.25, 0.3) is 10.2 Å². The van der Waals surface area contributed by atoms with Crippen LogP contribution in [0.15, 0.2) is 30.5 Å². The Morgan fingerprint density at radius 1 is 1.19 bits per heavy atom. The number of aromatic amines is 1. The number of nitrogens with one attached hydrogen (secondary N) is 3. The lowest BCUT2D eigenvalue weighted by Crippen LogP contribution is -2.59. The van der Waals surface area contributed by atoms with Crippen molar-refractivity contribution in [3.63, 3.8) is 0 Å². The maximum Gasteiger partial charge on any atom is 0.282 e. The van der Waals surface area contributed by atoms with Crippen molar-refractivity contribution in [2.75, 3.05) is 23.7 Å². The van der Waals surface area contributed by atoms with Gasteiger partial charge in [0.2, 0.25) is 0 Å². The maximum atomic E-state index is 13.2. The highest BCUT2D eigenvalue weighted by Crippen LogP contribution is 2.41. The number of aromatic nitrogens is 4. The van der Waals surface area contributed by atoms with Crippen LogP contribution >= 0.6 is 0 Å². The van der Waals surface area contributed by atoms with Crippen molar-refractivity contribution in [2.45, 2.75) is 50.4 Å². The maximum absolute atomic E-state index is 13.2. The summed E-state index contributed by atoms with van der Waals surface area (Å²) in [4.78, 5) is 9.27. The molecule has 0 aromatic carbocycles. The van der Waals surface area contributed by atoms with Gasteiger partial charge in [0.1, 0.15) is 11.6 Å². The van der Waals surface area contributed by atoms with Crippen LogP contribution in [0.2, 0.25) is 0 Å². The molecular weight excluding hydrogens is 482 g/mol. The van der Waals surface area contributed by atoms with Crippen LogP contribution < -0.4 is 10.6 Å². The molecule has 0 radical (unpaired) electrons. The fraction of sp³-hybridized carbons (Fsp3) is 0.478. The normalized spacial score (nSPS) is 24.9. The van der Waals surface area contributed by atoms with E-state index in [0.29, 0.717) is 36.0 Å². The highest BCUT2D eigenvalue weighted by molar-refractivity contribution is 7.86. The van der Waals surface area contributed by atoms with Crippen LogP contribution in [-0.2, 0) is 16.8 Å². The number of pyridine rings is 2. The quantitative estimate of drug-likeness (QED) is 0.371. The Morgan fingerprint density at radius 3 is 2.67 bits per heavy atom. The van der Waals surface area contributed by atoms with Crippen molar-refractivity contribution in [2.24, 2.45) is 5.92 Å². The summed E-state index contributed by atoms with van der Waals surface area (Å²) in [5.74, 6) is 1.57. The molecule has 36 heavy (non-hydrogen) atoms. The lowest BCUT2D eigenvalue weighted by Gasteiger charge is -2.44. The molecule has 3 fully saturated rings. The van der Waals surface area contributed by atoms with E-state index in [-0.39, 0.29) is 43.7 Å². The molecule has 13 heteroatoms. The summed E-state index contributed by atoms with van der Waals surface area (Å²) in [6.45, 7) is 0.436. The Morgan fingerprint density at radius 2 is 1.97 bits per heavy atom. The molecule has 2 bridgehead atoms. The van der Waals surface area contributed by atoms with E-state index in [4.69, 9.17) is 10.2 Å². The second-order valence-electron chi connectivity index (χ2n) is 9.67. The number of aliphatic hydroxyl groups is 1. The molecule has 3 aliphatic rings. The number of aliphatic hydroxyl groups excluding tert-OH is 1. The SMILES string of the molecule is N#CC1CN(S(=O)(=O)N2[C@@H]3CC[C@H]2C[C@H](Nc2nc(Nc4cc(CO)[nH]n4)cc4ncccc24)C3)C1. The summed E-state index contributed by atoms with van der Waals surface area (Å²) in [5.41, 5.74) is 1.36. The molecule has 0 unspecified atom stereocenters. The lowest BCUT2D eigenvalue weighted by molar-refractivity contribution is 0.182. The van der Waals surface area contributed by atoms with E-state index in [2.05, 4.69) is 31.9 Å². The van der Waals surface area contributed by atoms with E-state index in [0.717, 1.165) is 23.7 Å². The molecule has 6 rings (SSSR count). The monoisotopic (exact) mass is 509 g/mol. The van der Waals surface area contributed by atoms with Crippen molar-refractivity contribution >= 4 is 38.6 Å². The van der Waals surface area contributed by atoms with Crippen LogP contribution in [0, 0.1) is 17.2 Å². The van der Waals surface area contributed by atoms with Crippen LogP contribution in [0.4, 0.5) is 17.5 Å². The molecule has 0 spiro atoms. The Balaban J connectivity index is 1.22.